The maximum atomic E-state index is 11.1. The second-order valence-electron chi connectivity index (χ2n) is 10.1. The van der Waals surface area contributed by atoms with Crippen LogP contribution in [0.2, 0.25) is 0 Å². The van der Waals surface area contributed by atoms with Gasteiger partial charge in [0.25, 0.3) is 0 Å². The minimum atomic E-state index is 0.00562. The monoisotopic (exact) mass is 481 g/mol. The van der Waals surface area contributed by atoms with Crippen molar-refractivity contribution in [3.05, 3.63) is 65.2 Å². The molecule has 33 heavy (non-hydrogen) atoms. The molecule has 1 heterocycles. The van der Waals surface area contributed by atoms with Crippen molar-refractivity contribution < 1.29 is 14.2 Å². The van der Waals surface area contributed by atoms with Gasteiger partial charge in [-0.1, -0.05) is 0 Å². The van der Waals surface area contributed by atoms with Gasteiger partial charge in [0.2, 0.25) is 0 Å². The van der Waals surface area contributed by atoms with Crippen LogP contribution < -0.4 is 0 Å². The van der Waals surface area contributed by atoms with E-state index in [-0.39, 0.29) is 17.0 Å². The normalized spacial score (nSPS) is 25.8. The molecule has 0 bridgehead atoms. The van der Waals surface area contributed by atoms with Gasteiger partial charge >= 0.3 is 208 Å². The van der Waals surface area contributed by atoms with Gasteiger partial charge in [-0.15, -0.1) is 0 Å². The number of ether oxygens (including phenoxy) is 2. The molecule has 7 heteroatoms. The van der Waals surface area contributed by atoms with E-state index in [1.54, 1.807) is 6.89 Å². The fourth-order valence-electron chi connectivity index (χ4n) is 4.27. The maximum absolute atomic E-state index is 11.1. The summed E-state index contributed by atoms with van der Waals surface area (Å²) in [4.78, 5) is 1.28. The van der Waals surface area contributed by atoms with Gasteiger partial charge in [-0.2, -0.15) is 0 Å². The zero-order valence-corrected chi connectivity index (χ0v) is 22.5. The van der Waals surface area contributed by atoms with Gasteiger partial charge < -0.3 is 0 Å². The van der Waals surface area contributed by atoms with Crippen molar-refractivity contribution in [1.82, 2.24) is 0 Å². The average Bonchev–Trinajstić information content (AvgIpc) is 2.78. The van der Waals surface area contributed by atoms with E-state index in [0.29, 0.717) is 39.2 Å². The van der Waals surface area contributed by atoms with E-state index in [1.165, 1.54) is 21.6 Å². The Morgan fingerprint density at radius 3 is 2.48 bits per heavy atom. The van der Waals surface area contributed by atoms with Gasteiger partial charge in [0.05, 0.1) is 0 Å². The molecule has 1 aliphatic rings. The molecule has 2 aromatic rings. The summed E-state index contributed by atoms with van der Waals surface area (Å²) in [5, 5.41) is 0. The summed E-state index contributed by atoms with van der Waals surface area (Å²) in [7, 11) is 1.43. The Balaban J connectivity index is 1.76. The van der Waals surface area contributed by atoms with E-state index in [2.05, 4.69) is 71.9 Å². The second-order valence-corrected chi connectivity index (χ2v) is 12.6. The molecule has 0 amide bonds. The van der Waals surface area contributed by atoms with Crippen LogP contribution in [0.1, 0.15) is 51.3 Å². The molecular weight excluding hydrogens is 445 g/mol. The Morgan fingerprint density at radius 2 is 1.82 bits per heavy atom. The van der Waals surface area contributed by atoms with Crippen LogP contribution in [0.5, 0.6) is 0 Å². The molecule has 6 atom stereocenters. The van der Waals surface area contributed by atoms with Gasteiger partial charge in [-0.25, -0.2) is 0 Å². The fourth-order valence-corrected chi connectivity index (χ4v) is 6.98. The van der Waals surface area contributed by atoms with E-state index < -0.39 is 0 Å². The third-order valence-electron chi connectivity index (χ3n) is 6.51. The number of hydrogen-bond donors (Lipinski definition) is 0. The summed E-state index contributed by atoms with van der Waals surface area (Å²) < 4.78 is 23.9. The molecule has 0 N–H and O–H groups in total. The molecule has 3 rings (SSSR count). The van der Waals surface area contributed by atoms with Crippen molar-refractivity contribution in [2.75, 3.05) is 6.61 Å². The van der Waals surface area contributed by atoms with Crippen LogP contribution in [0.25, 0.3) is 0 Å². The molecule has 2 aromatic carbocycles. The van der Waals surface area contributed by atoms with E-state index in [9.17, 15) is 4.70 Å². The SMILES string of the molecule is Cc1ccc(C(C)(C)C)cc1S[C@@H]1OC(COCc2ccccc2)[C@@H](C)[C@H](P[B]B=O)C1C. The number of benzene rings is 2. The molecule has 0 aliphatic carbocycles. The quantitative estimate of drug-likeness (QED) is 0.314. The Morgan fingerprint density at radius 1 is 1.09 bits per heavy atom. The summed E-state index contributed by atoms with van der Waals surface area (Å²) in [5.74, 6) is 0.659. The zero-order chi connectivity index (χ0) is 24.0. The van der Waals surface area contributed by atoms with E-state index in [4.69, 9.17) is 9.47 Å². The van der Waals surface area contributed by atoms with Crippen molar-refractivity contribution in [2.45, 2.75) is 75.7 Å². The molecule has 0 aromatic heterocycles. The zero-order valence-electron chi connectivity index (χ0n) is 20.7. The van der Waals surface area contributed by atoms with Crippen molar-refractivity contribution in [3.8, 4) is 0 Å². The van der Waals surface area contributed by atoms with Crippen LogP contribution in [0.4, 0.5) is 0 Å². The molecule has 3 nitrogen and oxygen atoms in total. The first kappa shape index (κ1) is 26.7. The molecule has 0 spiro atoms. The molecule has 1 saturated heterocycles. The second kappa shape index (κ2) is 12.2. The van der Waals surface area contributed by atoms with Crippen molar-refractivity contribution in [3.63, 3.8) is 0 Å². The predicted octanol–water partition coefficient (Wildman–Crippen LogP) is 6.23. The Bertz CT molecular complexity index is 906. The summed E-state index contributed by atoms with van der Waals surface area (Å²) in [5.41, 5.74) is 4.31. The predicted molar refractivity (Wildman–Crippen MR) is 143 cm³/mol. The van der Waals surface area contributed by atoms with Gasteiger partial charge in [0, 0.05) is 0 Å². The van der Waals surface area contributed by atoms with E-state index in [0.717, 1.165) is 7.04 Å². The minimum absolute atomic E-state index is 0.00562. The molecule has 1 aliphatic heterocycles. The van der Waals surface area contributed by atoms with Crippen molar-refractivity contribution in [1.29, 1.82) is 0 Å². The fraction of sp³-hybridized carbons (Fsp3) is 0.538. The molecule has 0 saturated carbocycles. The van der Waals surface area contributed by atoms with E-state index in [1.807, 2.05) is 30.0 Å². The average molecular weight is 481 g/mol. The first-order valence-electron chi connectivity index (χ1n) is 11.8. The van der Waals surface area contributed by atoms with Crippen LogP contribution in [0.15, 0.2) is 53.4 Å². The summed E-state index contributed by atoms with van der Waals surface area (Å²) in [6, 6.07) is 17.0. The Hall–Kier alpha value is -0.930. The third kappa shape index (κ3) is 7.28. The van der Waals surface area contributed by atoms with Crippen molar-refractivity contribution in [2.24, 2.45) is 11.8 Å². The molecule has 175 valence electrons. The topological polar surface area (TPSA) is 35.5 Å². The molecule has 1 radical (unpaired) electrons. The number of rotatable bonds is 9. The summed E-state index contributed by atoms with van der Waals surface area (Å²) in [6.07, 6.45) is 0.00562. The summed E-state index contributed by atoms with van der Waals surface area (Å²) in [6.45, 7) is 16.4. The van der Waals surface area contributed by atoms with Crippen LogP contribution in [-0.4, -0.2) is 37.7 Å². The molecular formula is C26H36B2O3PS. The number of aryl methyl sites for hydroxylation is 1. The van der Waals surface area contributed by atoms with E-state index >= 15 is 0 Å². The van der Waals surface area contributed by atoms with Crippen LogP contribution >= 0.6 is 20.2 Å². The first-order valence-corrected chi connectivity index (χ1v) is 13.8. The van der Waals surface area contributed by atoms with Gasteiger partial charge in [0.15, 0.2) is 0 Å². The molecule has 1 fully saturated rings. The third-order valence-corrected chi connectivity index (χ3v) is 9.74. The van der Waals surface area contributed by atoms with Crippen LogP contribution in [-0.2, 0) is 26.2 Å². The van der Waals surface area contributed by atoms with Gasteiger partial charge in [-0.3, -0.25) is 0 Å². The Labute approximate surface area is 207 Å². The van der Waals surface area contributed by atoms with Crippen molar-refractivity contribution >= 4 is 34.2 Å². The van der Waals surface area contributed by atoms with Gasteiger partial charge in [-0.05, 0) is 0 Å². The van der Waals surface area contributed by atoms with Gasteiger partial charge in [0.1, 0.15) is 0 Å². The standard InChI is InChI=1S/C26H36B2O3PS/c1-17-12-13-21(26(4,5)6)14-23(17)33-25-19(3)24(32-28-27-29)18(2)22(31-25)16-30-15-20-10-8-7-9-11-20/h7-14,18-19,22,24-25,32H,15-16H2,1-6H3/t18-,19?,22?,24+,25+/m1/s1. The van der Waals surface area contributed by atoms with Crippen LogP contribution in [0.3, 0.4) is 0 Å². The first-order chi connectivity index (χ1) is 15.7. The van der Waals surface area contributed by atoms with Crippen LogP contribution in [0, 0.1) is 18.8 Å². The number of hydrogen-bond acceptors (Lipinski definition) is 4. The molecule has 3 unspecified atom stereocenters. The summed E-state index contributed by atoms with van der Waals surface area (Å²) >= 11 is 1.83. The Kier molecular flexibility index (Phi) is 9.83. The number of thioether (sulfide) groups is 1.